The summed E-state index contributed by atoms with van der Waals surface area (Å²) in [6.45, 7) is 2.65. The largest absolute Gasteiger partial charge is 0.481 e. The molecule has 2 N–H and O–H groups in total. The number of aliphatic carboxylic acids is 1. The van der Waals surface area contributed by atoms with E-state index in [0.717, 1.165) is 6.42 Å². The van der Waals surface area contributed by atoms with Crippen LogP contribution in [0.4, 0.5) is 0 Å². The van der Waals surface area contributed by atoms with Crippen LogP contribution in [0.15, 0.2) is 0 Å². The zero-order chi connectivity index (χ0) is 9.19. The smallest absolute Gasteiger partial charge is 0.315 e. The first-order chi connectivity index (χ1) is 5.67. The van der Waals surface area contributed by atoms with Crippen molar-refractivity contribution in [3.05, 3.63) is 0 Å². The number of hydrogen-bond donors (Lipinski definition) is 2. The first-order valence-electron chi connectivity index (χ1n) is 4.15. The van der Waals surface area contributed by atoms with Crippen molar-refractivity contribution in [3.63, 3.8) is 0 Å². The first-order valence-corrected chi connectivity index (χ1v) is 4.15. The molecule has 70 valence electrons. The third-order valence-electron chi connectivity index (χ3n) is 2.57. The van der Waals surface area contributed by atoms with Crippen LogP contribution in [0.2, 0.25) is 0 Å². The van der Waals surface area contributed by atoms with E-state index in [1.807, 2.05) is 6.92 Å². The highest BCUT2D eigenvalue weighted by Crippen LogP contribution is 2.33. The monoisotopic (exact) mass is 173 g/mol. The summed E-state index contributed by atoms with van der Waals surface area (Å²) in [6, 6.07) is 0.0174. The van der Waals surface area contributed by atoms with E-state index in [9.17, 15) is 4.79 Å². The Morgan fingerprint density at radius 3 is 2.42 bits per heavy atom. The van der Waals surface area contributed by atoms with Gasteiger partial charge in [0, 0.05) is 6.04 Å². The van der Waals surface area contributed by atoms with Crippen molar-refractivity contribution in [2.45, 2.75) is 19.4 Å². The van der Waals surface area contributed by atoms with Gasteiger partial charge in [0.15, 0.2) is 0 Å². The second kappa shape index (κ2) is 3.41. The van der Waals surface area contributed by atoms with Gasteiger partial charge in [-0.2, -0.15) is 0 Å². The Balaban J connectivity index is 2.71. The van der Waals surface area contributed by atoms with Crippen LogP contribution in [0, 0.1) is 5.41 Å². The van der Waals surface area contributed by atoms with E-state index < -0.39 is 11.4 Å². The van der Waals surface area contributed by atoms with Gasteiger partial charge in [0.2, 0.25) is 0 Å². The molecule has 1 heterocycles. The maximum absolute atomic E-state index is 10.9. The van der Waals surface area contributed by atoms with Crippen molar-refractivity contribution in [3.8, 4) is 0 Å². The van der Waals surface area contributed by atoms with Gasteiger partial charge < -0.3 is 15.2 Å². The van der Waals surface area contributed by atoms with Gasteiger partial charge in [-0.1, -0.05) is 6.92 Å². The van der Waals surface area contributed by atoms with Crippen LogP contribution < -0.4 is 5.32 Å². The van der Waals surface area contributed by atoms with Gasteiger partial charge in [0.05, 0.1) is 13.2 Å². The van der Waals surface area contributed by atoms with E-state index in [1.165, 1.54) is 0 Å². The molecule has 0 spiro atoms. The molecular formula is C8H15NO3. The highest BCUT2D eigenvalue weighted by atomic mass is 16.5. The van der Waals surface area contributed by atoms with Gasteiger partial charge in [-0.3, -0.25) is 4.79 Å². The van der Waals surface area contributed by atoms with Gasteiger partial charge in [0.25, 0.3) is 0 Å². The Morgan fingerprint density at radius 1 is 1.75 bits per heavy atom. The molecule has 1 saturated heterocycles. The Labute approximate surface area is 71.9 Å². The number of nitrogens with one attached hydrogen (secondary N) is 1. The zero-order valence-electron chi connectivity index (χ0n) is 7.46. The maximum Gasteiger partial charge on any atom is 0.315 e. The summed E-state index contributed by atoms with van der Waals surface area (Å²) in [5.74, 6) is -0.755. The van der Waals surface area contributed by atoms with Crippen LogP contribution in [0.25, 0.3) is 0 Å². The molecule has 0 aromatic heterocycles. The zero-order valence-corrected chi connectivity index (χ0v) is 7.46. The van der Waals surface area contributed by atoms with Crippen molar-refractivity contribution in [1.29, 1.82) is 0 Å². The van der Waals surface area contributed by atoms with Crippen molar-refractivity contribution >= 4 is 5.97 Å². The van der Waals surface area contributed by atoms with Crippen LogP contribution in [0.3, 0.4) is 0 Å². The lowest BCUT2D eigenvalue weighted by atomic mass is 9.77. The number of rotatable bonds is 4. The van der Waals surface area contributed by atoms with Gasteiger partial charge in [-0.15, -0.1) is 0 Å². The highest BCUT2D eigenvalue weighted by Gasteiger charge is 2.51. The van der Waals surface area contributed by atoms with E-state index in [2.05, 4.69) is 5.32 Å². The lowest BCUT2D eigenvalue weighted by Gasteiger charge is -2.43. The number of hydrogen-bond acceptors (Lipinski definition) is 3. The SMILES string of the molecule is CCC(NC)C1(C(=O)O)COC1. The molecule has 0 saturated carbocycles. The average Bonchev–Trinajstić information content (AvgIpc) is 1.95. The Bertz CT molecular complexity index is 173. The molecule has 0 aromatic carbocycles. The van der Waals surface area contributed by atoms with Gasteiger partial charge in [-0.05, 0) is 13.5 Å². The molecule has 1 fully saturated rings. The van der Waals surface area contributed by atoms with Crippen LogP contribution in [0.5, 0.6) is 0 Å². The van der Waals surface area contributed by atoms with Crippen LogP contribution in [-0.4, -0.2) is 37.4 Å². The summed E-state index contributed by atoms with van der Waals surface area (Å²) < 4.78 is 4.96. The molecule has 1 rings (SSSR count). The fraction of sp³-hybridized carbons (Fsp3) is 0.875. The predicted molar refractivity (Wildman–Crippen MR) is 44.0 cm³/mol. The third-order valence-corrected chi connectivity index (χ3v) is 2.57. The lowest BCUT2D eigenvalue weighted by molar-refractivity contribution is -0.186. The molecular weight excluding hydrogens is 158 g/mol. The molecule has 0 amide bonds. The predicted octanol–water partition coefficient (Wildman–Crippen LogP) is 0.0856. The minimum Gasteiger partial charge on any atom is -0.481 e. The lowest BCUT2D eigenvalue weighted by Crippen LogP contribution is -2.60. The summed E-state index contributed by atoms with van der Waals surface area (Å²) in [5, 5.41) is 12.0. The van der Waals surface area contributed by atoms with Crippen LogP contribution >= 0.6 is 0 Å². The quantitative estimate of drug-likeness (QED) is 0.632. The van der Waals surface area contributed by atoms with Gasteiger partial charge in [0.1, 0.15) is 5.41 Å². The van der Waals surface area contributed by atoms with E-state index >= 15 is 0 Å². The molecule has 1 unspecified atom stereocenters. The molecule has 0 radical (unpaired) electrons. The summed E-state index contributed by atoms with van der Waals surface area (Å²) >= 11 is 0. The van der Waals surface area contributed by atoms with Gasteiger partial charge in [-0.25, -0.2) is 0 Å². The number of carbonyl (C=O) groups is 1. The molecule has 1 aliphatic heterocycles. The van der Waals surface area contributed by atoms with Crippen molar-refractivity contribution in [2.24, 2.45) is 5.41 Å². The van der Waals surface area contributed by atoms with Crippen molar-refractivity contribution in [2.75, 3.05) is 20.3 Å². The molecule has 0 aliphatic carbocycles. The average molecular weight is 173 g/mol. The second-order valence-corrected chi connectivity index (χ2v) is 3.20. The van der Waals surface area contributed by atoms with E-state index in [4.69, 9.17) is 9.84 Å². The van der Waals surface area contributed by atoms with E-state index in [1.54, 1.807) is 7.05 Å². The van der Waals surface area contributed by atoms with Crippen molar-refractivity contribution < 1.29 is 14.6 Å². The van der Waals surface area contributed by atoms with E-state index in [0.29, 0.717) is 13.2 Å². The molecule has 1 atom stereocenters. The molecule has 12 heavy (non-hydrogen) atoms. The highest BCUT2D eigenvalue weighted by molar-refractivity contribution is 5.77. The van der Waals surface area contributed by atoms with E-state index in [-0.39, 0.29) is 6.04 Å². The normalized spacial score (nSPS) is 22.8. The fourth-order valence-electron chi connectivity index (χ4n) is 1.67. The number of carboxylic acid groups (broad SMARTS) is 1. The topological polar surface area (TPSA) is 58.6 Å². The second-order valence-electron chi connectivity index (χ2n) is 3.20. The van der Waals surface area contributed by atoms with Gasteiger partial charge >= 0.3 is 5.97 Å². The summed E-state index contributed by atoms with van der Waals surface area (Å²) in [7, 11) is 1.79. The fourth-order valence-corrected chi connectivity index (χ4v) is 1.67. The minimum absolute atomic E-state index is 0.0174. The Hall–Kier alpha value is -0.610. The summed E-state index contributed by atoms with van der Waals surface area (Å²) in [6.07, 6.45) is 0.812. The number of carboxylic acids is 1. The standard InChI is InChI=1S/C8H15NO3/c1-3-6(9-2)8(7(10)11)4-12-5-8/h6,9H,3-5H2,1-2H3,(H,10,11). The van der Waals surface area contributed by atoms with Crippen molar-refractivity contribution in [1.82, 2.24) is 5.32 Å². The summed E-state index contributed by atoms with van der Waals surface area (Å²) in [4.78, 5) is 10.9. The maximum atomic E-state index is 10.9. The first kappa shape index (κ1) is 9.48. The molecule has 4 heteroatoms. The minimum atomic E-state index is -0.755. The Kier molecular flexibility index (Phi) is 2.69. The summed E-state index contributed by atoms with van der Waals surface area (Å²) in [5.41, 5.74) is -0.677. The molecule has 0 aromatic rings. The third kappa shape index (κ3) is 1.21. The van der Waals surface area contributed by atoms with Crippen LogP contribution in [-0.2, 0) is 9.53 Å². The molecule has 1 aliphatic rings. The number of ether oxygens (including phenoxy) is 1. The Morgan fingerprint density at radius 2 is 2.33 bits per heavy atom. The van der Waals surface area contributed by atoms with Crippen LogP contribution in [0.1, 0.15) is 13.3 Å². The molecule has 0 bridgehead atoms. The molecule has 4 nitrogen and oxygen atoms in total.